The summed E-state index contributed by atoms with van der Waals surface area (Å²) in [6.07, 6.45) is 1.00. The number of nitrogens with one attached hydrogen (secondary N) is 2. The van der Waals surface area contributed by atoms with E-state index in [4.69, 9.17) is 11.6 Å². The summed E-state index contributed by atoms with van der Waals surface area (Å²) in [6, 6.07) is 6.62. The number of hydrogen-bond donors (Lipinski definition) is 2. The first kappa shape index (κ1) is 20.1. The molecule has 1 aromatic rings. The van der Waals surface area contributed by atoms with Gasteiger partial charge in [0, 0.05) is 55.9 Å². The largest absolute Gasteiger partial charge is 0.340 e. The molecule has 148 valence electrons. The summed E-state index contributed by atoms with van der Waals surface area (Å²) in [5, 5.41) is 6.88. The number of carbonyl (C=O) groups is 2. The van der Waals surface area contributed by atoms with Crippen molar-refractivity contribution in [2.45, 2.75) is 32.4 Å². The predicted molar refractivity (Wildman–Crippen MR) is 107 cm³/mol. The van der Waals surface area contributed by atoms with Crippen LogP contribution in [0.2, 0.25) is 5.02 Å². The smallest absolute Gasteiger partial charge is 0.251 e. The standard InChI is InChI=1S/C20H29ClN4O2/c1-14(2)18(23-19(26)15-3-5-16(21)6-4-15)20(27)25-10-7-17(13-25)24-11-8-22-9-12-24/h3-6,14,17-18,22H,7-13H2,1-2H3,(H,23,26). The molecule has 2 saturated heterocycles. The first-order chi connectivity index (χ1) is 13.0. The molecule has 2 heterocycles. The number of nitrogens with zero attached hydrogens (tertiary/aromatic N) is 2. The number of carbonyl (C=O) groups excluding carboxylic acids is 2. The van der Waals surface area contributed by atoms with Crippen LogP contribution in [0.4, 0.5) is 0 Å². The summed E-state index contributed by atoms with van der Waals surface area (Å²) in [7, 11) is 0. The molecule has 2 amide bonds. The highest BCUT2D eigenvalue weighted by Crippen LogP contribution is 2.19. The van der Waals surface area contributed by atoms with Crippen molar-refractivity contribution in [2.24, 2.45) is 5.92 Å². The van der Waals surface area contributed by atoms with Crippen LogP contribution in [0, 0.1) is 5.92 Å². The van der Waals surface area contributed by atoms with Crippen molar-refractivity contribution in [3.63, 3.8) is 0 Å². The third-order valence-electron chi connectivity index (χ3n) is 5.47. The Balaban J connectivity index is 1.61. The highest BCUT2D eigenvalue weighted by Gasteiger charge is 2.35. The molecule has 0 bridgehead atoms. The van der Waals surface area contributed by atoms with Crippen LogP contribution in [0.1, 0.15) is 30.6 Å². The third-order valence-corrected chi connectivity index (χ3v) is 5.72. The predicted octanol–water partition coefficient (Wildman–Crippen LogP) is 1.60. The van der Waals surface area contributed by atoms with Gasteiger partial charge in [-0.2, -0.15) is 0 Å². The van der Waals surface area contributed by atoms with Gasteiger partial charge in [-0.25, -0.2) is 0 Å². The number of rotatable bonds is 5. The molecule has 0 saturated carbocycles. The van der Waals surface area contributed by atoms with Crippen molar-refractivity contribution in [3.8, 4) is 0 Å². The highest BCUT2D eigenvalue weighted by atomic mass is 35.5. The lowest BCUT2D eigenvalue weighted by Crippen LogP contribution is -2.52. The molecule has 2 atom stereocenters. The van der Waals surface area contributed by atoms with E-state index in [1.54, 1.807) is 24.3 Å². The van der Waals surface area contributed by atoms with Crippen molar-refractivity contribution < 1.29 is 9.59 Å². The van der Waals surface area contributed by atoms with Gasteiger partial charge in [0.05, 0.1) is 0 Å². The van der Waals surface area contributed by atoms with Crippen LogP contribution in [0.3, 0.4) is 0 Å². The Morgan fingerprint density at radius 2 is 1.81 bits per heavy atom. The first-order valence-corrected chi connectivity index (χ1v) is 10.1. The van der Waals surface area contributed by atoms with E-state index >= 15 is 0 Å². The second-order valence-corrected chi connectivity index (χ2v) is 8.15. The molecule has 2 unspecified atom stereocenters. The molecule has 7 heteroatoms. The molecule has 0 spiro atoms. The number of likely N-dealkylation sites (tertiary alicyclic amines) is 1. The Morgan fingerprint density at radius 3 is 2.44 bits per heavy atom. The quantitative estimate of drug-likeness (QED) is 0.798. The number of amides is 2. The van der Waals surface area contributed by atoms with Gasteiger partial charge in [0.2, 0.25) is 5.91 Å². The van der Waals surface area contributed by atoms with Crippen LogP contribution in [0.25, 0.3) is 0 Å². The van der Waals surface area contributed by atoms with Crippen LogP contribution >= 0.6 is 11.6 Å². The van der Waals surface area contributed by atoms with Gasteiger partial charge in [-0.05, 0) is 36.6 Å². The van der Waals surface area contributed by atoms with Crippen LogP contribution in [-0.2, 0) is 4.79 Å². The Morgan fingerprint density at radius 1 is 1.15 bits per heavy atom. The van der Waals surface area contributed by atoms with E-state index in [9.17, 15) is 9.59 Å². The van der Waals surface area contributed by atoms with E-state index in [0.717, 1.165) is 45.7 Å². The fraction of sp³-hybridized carbons (Fsp3) is 0.600. The molecule has 6 nitrogen and oxygen atoms in total. The van der Waals surface area contributed by atoms with Gasteiger partial charge in [-0.3, -0.25) is 14.5 Å². The SMILES string of the molecule is CC(C)C(NC(=O)c1ccc(Cl)cc1)C(=O)N1CCC(N2CCNCC2)C1. The molecule has 0 aliphatic carbocycles. The number of piperazine rings is 1. The zero-order valence-corrected chi connectivity index (χ0v) is 16.8. The van der Waals surface area contributed by atoms with Gasteiger partial charge in [-0.1, -0.05) is 25.4 Å². The molecule has 27 heavy (non-hydrogen) atoms. The van der Waals surface area contributed by atoms with Crippen molar-refractivity contribution in [3.05, 3.63) is 34.9 Å². The maximum atomic E-state index is 13.1. The van der Waals surface area contributed by atoms with Crippen molar-refractivity contribution in [1.82, 2.24) is 20.4 Å². The molecule has 2 aliphatic heterocycles. The minimum atomic E-state index is -0.519. The lowest BCUT2D eigenvalue weighted by Gasteiger charge is -2.33. The van der Waals surface area contributed by atoms with E-state index in [-0.39, 0.29) is 17.7 Å². The Hall–Kier alpha value is -1.63. The van der Waals surface area contributed by atoms with Crippen LogP contribution in [-0.4, -0.2) is 73.0 Å². The minimum Gasteiger partial charge on any atom is -0.340 e. The summed E-state index contributed by atoms with van der Waals surface area (Å²) in [6.45, 7) is 9.53. The number of hydrogen-bond acceptors (Lipinski definition) is 4. The van der Waals surface area contributed by atoms with Gasteiger partial charge >= 0.3 is 0 Å². The van der Waals surface area contributed by atoms with Gasteiger partial charge in [0.1, 0.15) is 6.04 Å². The Kier molecular flexibility index (Phi) is 6.73. The normalized spacial score (nSPS) is 22.1. The zero-order chi connectivity index (χ0) is 19.4. The summed E-state index contributed by atoms with van der Waals surface area (Å²) in [5.41, 5.74) is 0.512. The summed E-state index contributed by atoms with van der Waals surface area (Å²) >= 11 is 5.89. The third kappa shape index (κ3) is 5.00. The maximum Gasteiger partial charge on any atom is 0.251 e. The zero-order valence-electron chi connectivity index (χ0n) is 16.1. The van der Waals surface area contributed by atoms with Gasteiger partial charge in [0.15, 0.2) is 0 Å². The molecular weight excluding hydrogens is 364 g/mol. The van der Waals surface area contributed by atoms with E-state index in [1.165, 1.54) is 0 Å². The number of benzene rings is 1. The molecule has 2 fully saturated rings. The lowest BCUT2D eigenvalue weighted by molar-refractivity contribution is -0.133. The molecule has 1 aromatic carbocycles. The van der Waals surface area contributed by atoms with E-state index in [1.807, 2.05) is 18.7 Å². The van der Waals surface area contributed by atoms with E-state index in [2.05, 4.69) is 15.5 Å². The van der Waals surface area contributed by atoms with E-state index < -0.39 is 6.04 Å². The second-order valence-electron chi connectivity index (χ2n) is 7.71. The average molecular weight is 393 g/mol. The van der Waals surface area contributed by atoms with Crippen LogP contribution in [0.15, 0.2) is 24.3 Å². The fourth-order valence-electron chi connectivity index (χ4n) is 3.82. The molecule has 2 aliphatic rings. The van der Waals surface area contributed by atoms with Gasteiger partial charge < -0.3 is 15.5 Å². The topological polar surface area (TPSA) is 64.7 Å². The molecule has 0 radical (unpaired) electrons. The van der Waals surface area contributed by atoms with Crippen molar-refractivity contribution in [1.29, 1.82) is 0 Å². The molecule has 3 rings (SSSR count). The maximum absolute atomic E-state index is 13.1. The first-order valence-electron chi connectivity index (χ1n) is 9.75. The Bertz CT molecular complexity index is 658. The van der Waals surface area contributed by atoms with E-state index in [0.29, 0.717) is 16.6 Å². The summed E-state index contributed by atoms with van der Waals surface area (Å²) < 4.78 is 0. The molecule has 0 aromatic heterocycles. The lowest BCUT2D eigenvalue weighted by atomic mass is 10.0. The summed E-state index contributed by atoms with van der Waals surface area (Å²) in [4.78, 5) is 30.0. The minimum absolute atomic E-state index is 0.0185. The van der Waals surface area contributed by atoms with Crippen LogP contribution in [0.5, 0.6) is 0 Å². The Labute approximate surface area is 166 Å². The highest BCUT2D eigenvalue weighted by molar-refractivity contribution is 6.30. The number of halogens is 1. The van der Waals surface area contributed by atoms with Crippen molar-refractivity contribution >= 4 is 23.4 Å². The van der Waals surface area contributed by atoms with Gasteiger partial charge in [-0.15, -0.1) is 0 Å². The monoisotopic (exact) mass is 392 g/mol. The van der Waals surface area contributed by atoms with Crippen LogP contribution < -0.4 is 10.6 Å². The second kappa shape index (κ2) is 9.04. The molecular formula is C20H29ClN4O2. The molecule has 2 N–H and O–H groups in total. The fourth-order valence-corrected chi connectivity index (χ4v) is 3.95. The van der Waals surface area contributed by atoms with Gasteiger partial charge in [0.25, 0.3) is 5.91 Å². The summed E-state index contributed by atoms with van der Waals surface area (Å²) in [5.74, 6) is -0.200. The van der Waals surface area contributed by atoms with Crippen molar-refractivity contribution in [2.75, 3.05) is 39.3 Å². The average Bonchev–Trinajstić information content (AvgIpc) is 3.16.